The zero-order chi connectivity index (χ0) is 15.4. The van der Waals surface area contributed by atoms with Crippen LogP contribution in [0.1, 0.15) is 15.9 Å². The molecular formula is C15H12ClFO4. The summed E-state index contributed by atoms with van der Waals surface area (Å²) >= 11 is 5.93. The number of halogens is 2. The Morgan fingerprint density at radius 3 is 2.71 bits per heavy atom. The van der Waals surface area contributed by atoms with Crippen molar-refractivity contribution in [2.75, 3.05) is 7.11 Å². The fourth-order valence-corrected chi connectivity index (χ4v) is 1.98. The number of aromatic carboxylic acids is 1. The molecule has 2 aromatic rings. The average Bonchev–Trinajstić information content (AvgIpc) is 2.46. The van der Waals surface area contributed by atoms with Gasteiger partial charge < -0.3 is 14.6 Å². The second kappa shape index (κ2) is 6.45. The predicted molar refractivity (Wildman–Crippen MR) is 75.7 cm³/mol. The number of hydrogen-bond donors (Lipinski definition) is 1. The molecule has 0 aliphatic carbocycles. The predicted octanol–water partition coefficient (Wildman–Crippen LogP) is 3.76. The first kappa shape index (κ1) is 15.1. The molecule has 0 aliphatic rings. The number of carboxylic acid groups (broad SMARTS) is 1. The minimum absolute atomic E-state index is 0.0156. The van der Waals surface area contributed by atoms with Crippen molar-refractivity contribution in [3.63, 3.8) is 0 Å². The minimum Gasteiger partial charge on any atom is -0.497 e. The summed E-state index contributed by atoms with van der Waals surface area (Å²) in [5.41, 5.74) is 0.198. The Labute approximate surface area is 125 Å². The lowest BCUT2D eigenvalue weighted by atomic mass is 10.2. The molecule has 0 saturated carbocycles. The Balaban J connectivity index is 2.22. The number of carboxylic acids is 1. The summed E-state index contributed by atoms with van der Waals surface area (Å²) in [5, 5.41) is 9.24. The molecule has 0 saturated heterocycles. The van der Waals surface area contributed by atoms with E-state index in [1.165, 1.54) is 37.4 Å². The average molecular weight is 311 g/mol. The first-order valence-electron chi connectivity index (χ1n) is 6.00. The van der Waals surface area contributed by atoms with E-state index in [9.17, 15) is 9.18 Å². The second-order valence-corrected chi connectivity index (χ2v) is 4.57. The van der Waals surface area contributed by atoms with Crippen LogP contribution in [-0.2, 0) is 6.61 Å². The maximum absolute atomic E-state index is 13.8. The van der Waals surface area contributed by atoms with E-state index in [1.54, 1.807) is 6.07 Å². The molecule has 2 aromatic carbocycles. The van der Waals surface area contributed by atoms with Crippen LogP contribution in [0, 0.1) is 5.82 Å². The minimum atomic E-state index is -1.16. The highest BCUT2D eigenvalue weighted by Gasteiger charge is 2.15. The molecule has 0 atom stereocenters. The number of hydrogen-bond acceptors (Lipinski definition) is 3. The maximum atomic E-state index is 13.8. The summed E-state index contributed by atoms with van der Waals surface area (Å²) in [6.45, 7) is -0.139. The van der Waals surface area contributed by atoms with Crippen LogP contribution < -0.4 is 9.47 Å². The van der Waals surface area contributed by atoms with Gasteiger partial charge in [0.1, 0.15) is 23.7 Å². The quantitative estimate of drug-likeness (QED) is 0.913. The van der Waals surface area contributed by atoms with Gasteiger partial charge in [-0.3, -0.25) is 0 Å². The van der Waals surface area contributed by atoms with Crippen LogP contribution in [-0.4, -0.2) is 18.2 Å². The van der Waals surface area contributed by atoms with Crippen LogP contribution >= 0.6 is 11.6 Å². The van der Waals surface area contributed by atoms with Crippen molar-refractivity contribution in [2.45, 2.75) is 6.61 Å². The van der Waals surface area contributed by atoms with Gasteiger partial charge in [0.2, 0.25) is 0 Å². The van der Waals surface area contributed by atoms with E-state index in [1.807, 2.05) is 0 Å². The largest absolute Gasteiger partial charge is 0.497 e. The molecule has 0 fully saturated rings. The van der Waals surface area contributed by atoms with E-state index >= 15 is 0 Å². The van der Waals surface area contributed by atoms with Gasteiger partial charge in [0.05, 0.1) is 12.1 Å². The van der Waals surface area contributed by atoms with Gasteiger partial charge in [-0.2, -0.15) is 0 Å². The van der Waals surface area contributed by atoms with Gasteiger partial charge in [-0.05, 0) is 24.3 Å². The molecule has 0 aliphatic heterocycles. The standard InChI is InChI=1S/C15H12ClFO4/c1-20-10-6-5-9(13(17)7-10)8-21-14-11(15(18)19)3-2-4-12(14)16/h2-7H,8H2,1H3,(H,18,19). The molecule has 0 spiro atoms. The smallest absolute Gasteiger partial charge is 0.339 e. The molecule has 0 amide bonds. The molecule has 0 aromatic heterocycles. The fraction of sp³-hybridized carbons (Fsp3) is 0.133. The molecule has 0 bridgehead atoms. The normalized spacial score (nSPS) is 10.2. The Bertz CT molecular complexity index is 673. The highest BCUT2D eigenvalue weighted by Crippen LogP contribution is 2.30. The lowest BCUT2D eigenvalue weighted by molar-refractivity contribution is 0.0691. The Kier molecular flexibility index (Phi) is 4.65. The van der Waals surface area contributed by atoms with E-state index in [4.69, 9.17) is 26.2 Å². The Morgan fingerprint density at radius 2 is 2.10 bits per heavy atom. The van der Waals surface area contributed by atoms with Crippen LogP contribution in [0.3, 0.4) is 0 Å². The van der Waals surface area contributed by atoms with Crippen molar-refractivity contribution in [1.82, 2.24) is 0 Å². The van der Waals surface area contributed by atoms with Crippen molar-refractivity contribution < 1.29 is 23.8 Å². The Hall–Kier alpha value is -2.27. The van der Waals surface area contributed by atoms with E-state index in [-0.39, 0.29) is 28.5 Å². The topological polar surface area (TPSA) is 55.8 Å². The molecule has 21 heavy (non-hydrogen) atoms. The van der Waals surface area contributed by atoms with Crippen molar-refractivity contribution in [3.8, 4) is 11.5 Å². The zero-order valence-corrected chi connectivity index (χ0v) is 11.9. The summed E-state index contributed by atoms with van der Waals surface area (Å²) < 4.78 is 24.1. The van der Waals surface area contributed by atoms with E-state index < -0.39 is 11.8 Å². The number of methoxy groups -OCH3 is 1. The third-order valence-corrected chi connectivity index (χ3v) is 3.13. The molecule has 0 heterocycles. The highest BCUT2D eigenvalue weighted by molar-refractivity contribution is 6.32. The molecule has 6 heteroatoms. The van der Waals surface area contributed by atoms with Gasteiger partial charge in [0, 0.05) is 11.6 Å². The van der Waals surface area contributed by atoms with Gasteiger partial charge in [-0.1, -0.05) is 17.7 Å². The van der Waals surface area contributed by atoms with Gasteiger partial charge >= 0.3 is 5.97 Å². The molecule has 0 unspecified atom stereocenters. The first-order chi connectivity index (χ1) is 10.0. The molecule has 4 nitrogen and oxygen atoms in total. The van der Waals surface area contributed by atoms with Crippen LogP contribution in [0.15, 0.2) is 36.4 Å². The van der Waals surface area contributed by atoms with Gasteiger partial charge in [-0.15, -0.1) is 0 Å². The highest BCUT2D eigenvalue weighted by atomic mass is 35.5. The van der Waals surface area contributed by atoms with Crippen molar-refractivity contribution in [3.05, 3.63) is 58.4 Å². The summed E-state index contributed by atoms with van der Waals surface area (Å²) in [6, 6.07) is 8.70. The van der Waals surface area contributed by atoms with E-state index in [0.29, 0.717) is 5.75 Å². The summed E-state index contributed by atoms with van der Waals surface area (Å²) in [7, 11) is 1.44. The lowest BCUT2D eigenvalue weighted by Gasteiger charge is -2.11. The van der Waals surface area contributed by atoms with E-state index in [0.717, 1.165) is 0 Å². The van der Waals surface area contributed by atoms with Crippen LogP contribution in [0.25, 0.3) is 0 Å². The first-order valence-corrected chi connectivity index (χ1v) is 6.37. The number of carbonyl (C=O) groups is 1. The van der Waals surface area contributed by atoms with Crippen LogP contribution in [0.2, 0.25) is 5.02 Å². The second-order valence-electron chi connectivity index (χ2n) is 4.17. The van der Waals surface area contributed by atoms with Gasteiger partial charge in [0.25, 0.3) is 0 Å². The van der Waals surface area contributed by atoms with Crippen molar-refractivity contribution in [1.29, 1.82) is 0 Å². The number of benzene rings is 2. The zero-order valence-electron chi connectivity index (χ0n) is 11.1. The van der Waals surface area contributed by atoms with Crippen molar-refractivity contribution in [2.24, 2.45) is 0 Å². The lowest BCUT2D eigenvalue weighted by Crippen LogP contribution is -2.05. The third kappa shape index (κ3) is 3.44. The summed E-state index contributed by atoms with van der Waals surface area (Å²) in [5.74, 6) is -1.26. The van der Waals surface area contributed by atoms with Crippen LogP contribution in [0.5, 0.6) is 11.5 Å². The molecule has 0 radical (unpaired) electrons. The number of ether oxygens (including phenoxy) is 2. The number of rotatable bonds is 5. The third-order valence-electron chi connectivity index (χ3n) is 2.83. The monoisotopic (exact) mass is 310 g/mol. The molecule has 1 N–H and O–H groups in total. The van der Waals surface area contributed by atoms with Gasteiger partial charge in [-0.25, -0.2) is 9.18 Å². The molecule has 2 rings (SSSR count). The van der Waals surface area contributed by atoms with Crippen LogP contribution in [0.4, 0.5) is 4.39 Å². The molecule has 110 valence electrons. The molecular weight excluding hydrogens is 299 g/mol. The Morgan fingerprint density at radius 1 is 1.33 bits per heavy atom. The van der Waals surface area contributed by atoms with Gasteiger partial charge in [0.15, 0.2) is 5.75 Å². The number of para-hydroxylation sites is 1. The SMILES string of the molecule is COc1ccc(COc2c(Cl)cccc2C(=O)O)c(F)c1. The van der Waals surface area contributed by atoms with E-state index in [2.05, 4.69) is 0 Å². The summed E-state index contributed by atoms with van der Waals surface area (Å²) in [6.07, 6.45) is 0. The maximum Gasteiger partial charge on any atom is 0.339 e. The van der Waals surface area contributed by atoms with Crippen molar-refractivity contribution >= 4 is 17.6 Å². The summed E-state index contributed by atoms with van der Waals surface area (Å²) in [4.78, 5) is 11.1. The fourth-order valence-electron chi connectivity index (χ4n) is 1.75.